The predicted molar refractivity (Wildman–Crippen MR) is 164 cm³/mol. The Balaban J connectivity index is 1.27. The van der Waals surface area contributed by atoms with Crippen LogP contribution < -0.4 is 0 Å². The normalized spacial score (nSPS) is 36.2. The topological polar surface area (TPSA) is 0 Å². The number of benzene rings is 5. The third-order valence-electron chi connectivity index (χ3n) is 13.3. The van der Waals surface area contributed by atoms with E-state index in [-0.39, 0.29) is 16.2 Å². The smallest absolute Gasteiger partial charge is 0.0232 e. The zero-order chi connectivity index (χ0) is 27.0. The summed E-state index contributed by atoms with van der Waals surface area (Å²) in [4.78, 5) is 0. The van der Waals surface area contributed by atoms with Crippen LogP contribution in [0, 0.1) is 11.8 Å². The molecule has 0 nitrogen and oxygen atoms in total. The van der Waals surface area contributed by atoms with Crippen molar-refractivity contribution in [2.45, 2.75) is 54.8 Å². The van der Waals surface area contributed by atoms with Gasteiger partial charge in [0.05, 0.1) is 0 Å². The molecule has 6 aliphatic rings. The van der Waals surface area contributed by atoms with E-state index in [9.17, 15) is 0 Å². The Kier molecular flexibility index (Phi) is 3.42. The molecule has 0 amide bonds. The van der Waals surface area contributed by atoms with Crippen molar-refractivity contribution in [1.29, 1.82) is 0 Å². The molecule has 0 N–H and O–H groups in total. The monoisotopic (exact) mass is 524 g/mol. The van der Waals surface area contributed by atoms with Crippen molar-refractivity contribution in [2.75, 3.05) is 0 Å². The minimum atomic E-state index is -0.0173. The first kappa shape index (κ1) is 21.8. The quantitative estimate of drug-likeness (QED) is 0.190. The molecule has 0 radical (unpaired) electrons. The third kappa shape index (κ3) is 1.97. The van der Waals surface area contributed by atoms with Crippen LogP contribution in [-0.4, -0.2) is 0 Å². The van der Waals surface area contributed by atoms with Crippen LogP contribution in [0.5, 0.6) is 0 Å². The van der Waals surface area contributed by atoms with Gasteiger partial charge in [0.25, 0.3) is 0 Å². The Morgan fingerprint density at radius 2 is 0.659 bits per heavy atom. The van der Waals surface area contributed by atoms with Crippen molar-refractivity contribution in [2.24, 2.45) is 11.8 Å². The minimum Gasteiger partial charge on any atom is -0.0620 e. The maximum atomic E-state index is 2.74. The van der Waals surface area contributed by atoms with Crippen molar-refractivity contribution < 1.29 is 0 Å². The molecule has 0 aromatic heterocycles. The van der Waals surface area contributed by atoms with Gasteiger partial charge < -0.3 is 0 Å². The fraction of sp³-hybridized carbons (Fsp3) is 0.268. The molecule has 196 valence electrons. The molecule has 6 aliphatic carbocycles. The highest BCUT2D eigenvalue weighted by Gasteiger charge is 2.73. The molecule has 8 atom stereocenters. The second-order valence-corrected chi connectivity index (χ2v) is 14.4. The summed E-state index contributed by atoms with van der Waals surface area (Å²) in [7, 11) is 0. The molecular weight excluding hydrogens is 492 g/mol. The maximum Gasteiger partial charge on any atom is 0.0232 e. The number of rotatable bonds is 0. The van der Waals surface area contributed by atoms with Gasteiger partial charge in [-0.05, 0) is 78.6 Å². The van der Waals surface area contributed by atoms with Gasteiger partial charge in [-0.3, -0.25) is 0 Å². The minimum absolute atomic E-state index is 0.00764. The first-order chi connectivity index (χ1) is 20.0. The fourth-order valence-electron chi connectivity index (χ4n) is 12.4. The summed E-state index contributed by atoms with van der Waals surface area (Å²) in [6.07, 6.45) is 0. The van der Waals surface area contributed by atoms with Gasteiger partial charge in [0.15, 0.2) is 0 Å². The molecule has 6 unspecified atom stereocenters. The van der Waals surface area contributed by atoms with Crippen LogP contribution in [0.1, 0.15) is 105 Å². The lowest BCUT2D eigenvalue weighted by Gasteiger charge is -2.37. The lowest BCUT2D eigenvalue weighted by atomic mass is 9.64. The summed E-state index contributed by atoms with van der Waals surface area (Å²) in [6.45, 7) is 7.76. The van der Waals surface area contributed by atoms with Gasteiger partial charge >= 0.3 is 0 Å². The zero-order valence-electron chi connectivity index (χ0n) is 23.8. The van der Waals surface area contributed by atoms with Crippen molar-refractivity contribution in [1.82, 2.24) is 0 Å². The Morgan fingerprint density at radius 1 is 0.366 bits per heavy atom. The third-order valence-corrected chi connectivity index (χ3v) is 13.3. The van der Waals surface area contributed by atoms with Crippen molar-refractivity contribution in [3.63, 3.8) is 0 Å². The molecule has 0 fully saturated rings. The Labute approximate surface area is 242 Å². The number of hydrogen-bond acceptors (Lipinski definition) is 0. The van der Waals surface area contributed by atoms with Crippen LogP contribution in [0.2, 0.25) is 0 Å². The second kappa shape index (κ2) is 6.44. The van der Waals surface area contributed by atoms with E-state index in [1.54, 1.807) is 66.8 Å². The lowest BCUT2D eigenvalue weighted by Crippen LogP contribution is -2.39. The SMILES string of the molecule is CC12c3ccccc3[C@@]3(C)c4cc5c(cc4[C@@](C)(c4ccccc41)C23)C1c2ccccc2C2c3ccccc3C5C21. The van der Waals surface area contributed by atoms with Gasteiger partial charge in [0.2, 0.25) is 0 Å². The summed E-state index contributed by atoms with van der Waals surface area (Å²) in [5.74, 6) is 2.57. The maximum absolute atomic E-state index is 2.74. The highest BCUT2D eigenvalue weighted by atomic mass is 14.7. The average Bonchev–Trinajstić information content (AvgIpc) is 3.76. The van der Waals surface area contributed by atoms with Gasteiger partial charge in [-0.1, -0.05) is 130 Å². The van der Waals surface area contributed by atoms with Gasteiger partial charge in [-0.25, -0.2) is 0 Å². The standard InChI is InChI=1S/C41H32/c1-39-28-16-8-10-18-30(28)40(2)32-20-26-27(21-33(32)41(3,38(39)40)31-19-11-9-17-29(31)39)36-25-15-7-5-13-23(25)34-22-12-4-6-14-24(22)35(26)37(34)36/h4-21,34-38H,1-3H3/t34?,35?,36?,37?,38?,39?,40-,41+. The highest BCUT2D eigenvalue weighted by molar-refractivity contribution is 5.76. The number of hydrogen-bond donors (Lipinski definition) is 0. The largest absolute Gasteiger partial charge is 0.0620 e. The second-order valence-electron chi connectivity index (χ2n) is 14.4. The van der Waals surface area contributed by atoms with Crippen molar-refractivity contribution in [3.05, 3.63) is 176 Å². The van der Waals surface area contributed by atoms with Gasteiger partial charge in [-0.2, -0.15) is 0 Å². The molecule has 0 heteroatoms. The van der Waals surface area contributed by atoms with E-state index in [1.807, 2.05) is 0 Å². The van der Waals surface area contributed by atoms with E-state index in [1.165, 1.54) is 0 Å². The van der Waals surface area contributed by atoms with Gasteiger partial charge in [0.1, 0.15) is 0 Å². The van der Waals surface area contributed by atoms with E-state index >= 15 is 0 Å². The highest BCUT2D eigenvalue weighted by Crippen LogP contribution is 2.77. The molecule has 5 aromatic carbocycles. The van der Waals surface area contributed by atoms with Gasteiger partial charge in [0, 0.05) is 34.0 Å². The van der Waals surface area contributed by atoms with Crippen molar-refractivity contribution in [3.8, 4) is 0 Å². The number of fused-ring (bicyclic) bond motifs is 18. The molecule has 0 saturated heterocycles. The molecule has 0 heterocycles. The van der Waals surface area contributed by atoms with Crippen molar-refractivity contribution >= 4 is 0 Å². The van der Waals surface area contributed by atoms with Crippen LogP contribution in [-0.2, 0) is 16.2 Å². The van der Waals surface area contributed by atoms with Crippen LogP contribution >= 0.6 is 0 Å². The molecule has 0 spiro atoms. The summed E-state index contributed by atoms with van der Waals surface area (Å²) >= 11 is 0. The molecule has 41 heavy (non-hydrogen) atoms. The summed E-state index contributed by atoms with van der Waals surface area (Å²) in [5, 5.41) is 0. The predicted octanol–water partition coefficient (Wildman–Crippen LogP) is 8.91. The molecular formula is C41H32. The Morgan fingerprint density at radius 3 is 1.02 bits per heavy atom. The van der Waals surface area contributed by atoms with E-state index < -0.39 is 0 Å². The van der Waals surface area contributed by atoms with E-state index in [4.69, 9.17) is 0 Å². The average molecular weight is 525 g/mol. The molecule has 0 bridgehead atoms. The Hall–Kier alpha value is -3.90. The lowest BCUT2D eigenvalue weighted by molar-refractivity contribution is 0.245. The van der Waals surface area contributed by atoms with Gasteiger partial charge in [-0.15, -0.1) is 0 Å². The Bertz CT molecular complexity index is 1900. The van der Waals surface area contributed by atoms with E-state index in [0.29, 0.717) is 29.6 Å². The van der Waals surface area contributed by atoms with E-state index in [0.717, 1.165) is 0 Å². The molecule has 5 aromatic rings. The summed E-state index contributed by atoms with van der Waals surface area (Å²) < 4.78 is 0. The fourth-order valence-corrected chi connectivity index (χ4v) is 12.4. The first-order valence-electron chi connectivity index (χ1n) is 15.6. The van der Waals surface area contributed by atoms with Crippen LogP contribution in [0.3, 0.4) is 0 Å². The van der Waals surface area contributed by atoms with Crippen LogP contribution in [0.15, 0.2) is 109 Å². The van der Waals surface area contributed by atoms with E-state index in [2.05, 4.69) is 130 Å². The summed E-state index contributed by atoms with van der Waals surface area (Å²) in [6, 6.07) is 43.2. The molecule has 11 rings (SSSR count). The molecule has 0 saturated carbocycles. The first-order valence-corrected chi connectivity index (χ1v) is 15.6. The van der Waals surface area contributed by atoms with Crippen LogP contribution in [0.4, 0.5) is 0 Å². The summed E-state index contributed by atoms with van der Waals surface area (Å²) in [5.41, 5.74) is 18.9. The molecule has 0 aliphatic heterocycles. The zero-order valence-corrected chi connectivity index (χ0v) is 23.8. The van der Waals surface area contributed by atoms with Crippen LogP contribution in [0.25, 0.3) is 0 Å².